The van der Waals surface area contributed by atoms with Crippen LogP contribution >= 0.6 is 11.3 Å². The first kappa shape index (κ1) is 24.1. The lowest BCUT2D eigenvalue weighted by Gasteiger charge is -2.17. The van der Waals surface area contributed by atoms with Gasteiger partial charge in [0.15, 0.2) is 12.1 Å². The van der Waals surface area contributed by atoms with Gasteiger partial charge in [0.2, 0.25) is 0 Å². The van der Waals surface area contributed by atoms with Crippen molar-refractivity contribution in [1.29, 1.82) is 0 Å². The van der Waals surface area contributed by atoms with Gasteiger partial charge in [-0.3, -0.25) is 0 Å². The van der Waals surface area contributed by atoms with Crippen LogP contribution in [0, 0.1) is 6.92 Å². The lowest BCUT2D eigenvalue weighted by molar-refractivity contribution is -0.192. The number of benzene rings is 2. The molecule has 2 aliphatic heterocycles. The third-order valence-electron chi connectivity index (χ3n) is 5.87. The molecule has 5 nitrogen and oxygen atoms in total. The molecule has 0 radical (unpaired) electrons. The predicted molar refractivity (Wildman–Crippen MR) is 130 cm³/mol. The minimum absolute atomic E-state index is 0.0798. The fourth-order valence-electron chi connectivity index (χ4n) is 4.04. The molecule has 2 aromatic carbocycles. The number of thiophene rings is 1. The maximum atomic E-state index is 9.30. The third kappa shape index (κ3) is 6.09. The Bertz CT molecular complexity index is 1040. The number of fused-ring (bicyclic) bond motifs is 1. The first-order chi connectivity index (χ1) is 15.9. The second kappa shape index (κ2) is 10.5. The Balaban J connectivity index is 0.000000214. The minimum Gasteiger partial charge on any atom is -0.392 e. The van der Waals surface area contributed by atoms with E-state index in [0.717, 1.165) is 30.6 Å². The summed E-state index contributed by atoms with van der Waals surface area (Å²) in [4.78, 5) is 2.55. The summed E-state index contributed by atoms with van der Waals surface area (Å²) in [6.45, 7) is 6.87. The highest BCUT2D eigenvalue weighted by Crippen LogP contribution is 2.34. The van der Waals surface area contributed by atoms with Gasteiger partial charge in [-0.25, -0.2) is 0 Å². The molecule has 0 bridgehead atoms. The van der Waals surface area contributed by atoms with E-state index >= 15 is 0 Å². The minimum atomic E-state index is -0.435. The summed E-state index contributed by atoms with van der Waals surface area (Å²) in [7, 11) is 0. The van der Waals surface area contributed by atoms with Crippen LogP contribution < -0.4 is 0 Å². The second-order valence-electron chi connectivity index (χ2n) is 8.92. The standard InChI is InChI=1S/C20H20O2S.C7H12O3/c1-14-2-3-16(13-22)10-18(14)11-19-8-9-20(23-19)17-6-4-15(12-21)5-7-17;1-7(2)9-5-3-4-8-6(5)10-7/h2-10,21-22H,11-13H2,1H3;5-6H,3-4H2,1-2H3. The molecule has 176 valence electrons. The van der Waals surface area contributed by atoms with Crippen LogP contribution in [0.25, 0.3) is 10.4 Å². The molecule has 3 heterocycles. The lowest BCUT2D eigenvalue weighted by Crippen LogP contribution is -2.22. The van der Waals surface area contributed by atoms with Crippen molar-refractivity contribution in [1.82, 2.24) is 0 Å². The van der Waals surface area contributed by atoms with Crippen molar-refractivity contribution >= 4 is 11.3 Å². The van der Waals surface area contributed by atoms with Crippen molar-refractivity contribution in [3.63, 3.8) is 0 Å². The molecule has 3 aromatic rings. The first-order valence-electron chi connectivity index (χ1n) is 11.3. The van der Waals surface area contributed by atoms with Crippen molar-refractivity contribution in [3.05, 3.63) is 81.7 Å². The number of hydrogen-bond acceptors (Lipinski definition) is 6. The lowest BCUT2D eigenvalue weighted by atomic mass is 10.0. The highest BCUT2D eigenvalue weighted by molar-refractivity contribution is 7.15. The average Bonchev–Trinajstić information content (AvgIpc) is 3.51. The van der Waals surface area contributed by atoms with Gasteiger partial charge in [0.05, 0.1) is 19.8 Å². The van der Waals surface area contributed by atoms with E-state index < -0.39 is 5.79 Å². The quantitative estimate of drug-likeness (QED) is 0.540. The molecule has 2 aliphatic rings. The Kier molecular flexibility index (Phi) is 7.64. The molecule has 0 amide bonds. The van der Waals surface area contributed by atoms with E-state index in [1.807, 2.05) is 32.0 Å². The van der Waals surface area contributed by atoms with Crippen molar-refractivity contribution in [2.75, 3.05) is 6.61 Å². The molecule has 2 saturated heterocycles. The van der Waals surface area contributed by atoms with Crippen molar-refractivity contribution in [2.24, 2.45) is 0 Å². The summed E-state index contributed by atoms with van der Waals surface area (Å²) in [6.07, 6.45) is 1.93. The van der Waals surface area contributed by atoms with Gasteiger partial charge in [-0.1, -0.05) is 42.5 Å². The van der Waals surface area contributed by atoms with E-state index in [0.29, 0.717) is 0 Å². The highest BCUT2D eigenvalue weighted by Gasteiger charge is 2.44. The Labute approximate surface area is 199 Å². The molecule has 2 fully saturated rings. The monoisotopic (exact) mass is 468 g/mol. The maximum Gasteiger partial charge on any atom is 0.187 e. The molecule has 6 heteroatoms. The van der Waals surface area contributed by atoms with E-state index in [2.05, 4.69) is 43.3 Å². The number of aryl methyl sites for hydroxylation is 1. The van der Waals surface area contributed by atoms with Gasteiger partial charge < -0.3 is 24.4 Å². The fraction of sp³-hybridized carbons (Fsp3) is 0.407. The van der Waals surface area contributed by atoms with Crippen LogP contribution in [0.4, 0.5) is 0 Å². The molecule has 2 N–H and O–H groups in total. The summed E-state index contributed by atoms with van der Waals surface area (Å²) in [5, 5.41) is 18.4. The van der Waals surface area contributed by atoms with Crippen LogP contribution in [0.1, 0.15) is 47.4 Å². The van der Waals surface area contributed by atoms with E-state index in [1.165, 1.54) is 26.4 Å². The molecule has 5 rings (SSSR count). The van der Waals surface area contributed by atoms with Gasteiger partial charge in [0.1, 0.15) is 6.10 Å². The normalized spacial score (nSPS) is 20.9. The van der Waals surface area contributed by atoms with E-state index in [9.17, 15) is 5.11 Å². The van der Waals surface area contributed by atoms with Crippen LogP contribution in [0.5, 0.6) is 0 Å². The van der Waals surface area contributed by atoms with Gasteiger partial charge in [0, 0.05) is 22.6 Å². The summed E-state index contributed by atoms with van der Waals surface area (Å²) in [5.41, 5.74) is 5.59. The molecule has 0 saturated carbocycles. The number of rotatable bonds is 5. The molecule has 0 spiro atoms. The van der Waals surface area contributed by atoms with Gasteiger partial charge in [-0.2, -0.15) is 0 Å². The second-order valence-corrected chi connectivity index (χ2v) is 10.1. The van der Waals surface area contributed by atoms with Crippen molar-refractivity contribution in [2.45, 2.75) is 65.0 Å². The Morgan fingerprint density at radius 1 is 0.939 bits per heavy atom. The summed E-state index contributed by atoms with van der Waals surface area (Å²) >= 11 is 1.79. The molecule has 2 atom stereocenters. The smallest absolute Gasteiger partial charge is 0.187 e. The van der Waals surface area contributed by atoms with Crippen molar-refractivity contribution < 1.29 is 24.4 Å². The molecule has 1 aromatic heterocycles. The zero-order valence-electron chi connectivity index (χ0n) is 19.4. The Morgan fingerprint density at radius 2 is 1.67 bits per heavy atom. The van der Waals surface area contributed by atoms with Crippen LogP contribution in [0.15, 0.2) is 54.6 Å². The predicted octanol–water partition coefficient (Wildman–Crippen LogP) is 5.18. The number of aliphatic hydroxyl groups is 2. The average molecular weight is 469 g/mol. The first-order valence-corrected chi connectivity index (χ1v) is 12.1. The molecule has 33 heavy (non-hydrogen) atoms. The summed E-state index contributed by atoms with van der Waals surface area (Å²) in [5.74, 6) is -0.435. The van der Waals surface area contributed by atoms with E-state index in [4.69, 9.17) is 19.3 Å². The topological polar surface area (TPSA) is 68.2 Å². The molecule has 0 aliphatic carbocycles. The van der Waals surface area contributed by atoms with Crippen LogP contribution in [-0.2, 0) is 33.8 Å². The number of ether oxygens (including phenoxy) is 3. The third-order valence-corrected chi connectivity index (χ3v) is 7.00. The van der Waals surface area contributed by atoms with Gasteiger partial charge in [-0.15, -0.1) is 11.3 Å². The Hall–Kier alpha value is -2.06. The fourth-order valence-corrected chi connectivity index (χ4v) is 5.08. The zero-order chi connectivity index (χ0) is 23.4. The highest BCUT2D eigenvalue weighted by atomic mass is 32.1. The van der Waals surface area contributed by atoms with E-state index in [-0.39, 0.29) is 25.6 Å². The Morgan fingerprint density at radius 3 is 2.36 bits per heavy atom. The summed E-state index contributed by atoms with van der Waals surface area (Å²) in [6, 6.07) is 18.5. The van der Waals surface area contributed by atoms with E-state index in [1.54, 1.807) is 11.3 Å². The maximum absolute atomic E-state index is 9.30. The molecule has 2 unspecified atom stereocenters. The van der Waals surface area contributed by atoms with Gasteiger partial charge in [0.25, 0.3) is 0 Å². The number of hydrogen-bond donors (Lipinski definition) is 2. The number of aliphatic hydroxyl groups excluding tert-OH is 2. The van der Waals surface area contributed by atoms with Crippen LogP contribution in [-0.4, -0.2) is 35.0 Å². The largest absolute Gasteiger partial charge is 0.392 e. The van der Waals surface area contributed by atoms with Crippen LogP contribution in [0.3, 0.4) is 0 Å². The molecular formula is C27H32O5S. The molecular weight excluding hydrogens is 436 g/mol. The summed E-state index contributed by atoms with van der Waals surface area (Å²) < 4.78 is 16.2. The zero-order valence-corrected chi connectivity index (χ0v) is 20.2. The van der Waals surface area contributed by atoms with Crippen LogP contribution in [0.2, 0.25) is 0 Å². The van der Waals surface area contributed by atoms with Gasteiger partial charge >= 0.3 is 0 Å². The van der Waals surface area contributed by atoms with Gasteiger partial charge in [-0.05, 0) is 60.7 Å². The van der Waals surface area contributed by atoms with Crippen molar-refractivity contribution in [3.8, 4) is 10.4 Å². The SMILES string of the molecule is CC1(C)OC2CCOC2O1.Cc1ccc(CO)cc1Cc1ccc(-c2ccc(CO)cc2)s1.